The van der Waals surface area contributed by atoms with E-state index in [1.165, 1.54) is 11.3 Å². The SMILES string of the molecule is CC(CO)CNCc1ccsc1C(=O)O. The minimum Gasteiger partial charge on any atom is -0.477 e. The molecule has 0 spiro atoms. The summed E-state index contributed by atoms with van der Waals surface area (Å²) in [6.45, 7) is 3.29. The van der Waals surface area contributed by atoms with E-state index in [1.54, 1.807) is 5.38 Å². The maximum absolute atomic E-state index is 10.8. The summed E-state index contributed by atoms with van der Waals surface area (Å²) >= 11 is 1.23. The van der Waals surface area contributed by atoms with Crippen LogP contribution >= 0.6 is 11.3 Å². The summed E-state index contributed by atoms with van der Waals surface area (Å²) in [5.74, 6) is -0.686. The molecule has 0 amide bonds. The van der Waals surface area contributed by atoms with Crippen molar-refractivity contribution in [2.45, 2.75) is 13.5 Å². The fourth-order valence-electron chi connectivity index (χ4n) is 1.18. The Hall–Kier alpha value is -0.910. The van der Waals surface area contributed by atoms with Crippen molar-refractivity contribution in [2.24, 2.45) is 5.92 Å². The molecule has 0 aliphatic carbocycles. The molecule has 3 N–H and O–H groups in total. The molecule has 0 aliphatic rings. The second-order valence-electron chi connectivity index (χ2n) is 3.50. The van der Waals surface area contributed by atoms with E-state index < -0.39 is 5.97 Å². The average molecular weight is 229 g/mol. The van der Waals surface area contributed by atoms with Gasteiger partial charge in [-0.05, 0) is 22.9 Å². The van der Waals surface area contributed by atoms with Crippen molar-refractivity contribution in [3.8, 4) is 0 Å². The molecule has 15 heavy (non-hydrogen) atoms. The third-order valence-corrected chi connectivity index (χ3v) is 3.01. The van der Waals surface area contributed by atoms with Gasteiger partial charge in [0.15, 0.2) is 0 Å². The first kappa shape index (κ1) is 12.2. The first-order valence-corrected chi connectivity index (χ1v) is 5.64. The minimum absolute atomic E-state index is 0.141. The summed E-state index contributed by atoms with van der Waals surface area (Å²) in [5.41, 5.74) is 0.803. The highest BCUT2D eigenvalue weighted by molar-refractivity contribution is 7.12. The topological polar surface area (TPSA) is 69.6 Å². The van der Waals surface area contributed by atoms with Gasteiger partial charge >= 0.3 is 5.97 Å². The summed E-state index contributed by atoms with van der Waals surface area (Å²) in [4.78, 5) is 11.2. The van der Waals surface area contributed by atoms with Crippen LogP contribution in [0.2, 0.25) is 0 Å². The van der Waals surface area contributed by atoms with E-state index >= 15 is 0 Å². The summed E-state index contributed by atoms with van der Waals surface area (Å²) in [6.07, 6.45) is 0. The number of aliphatic hydroxyl groups is 1. The van der Waals surface area contributed by atoms with Gasteiger partial charge in [-0.2, -0.15) is 0 Å². The van der Waals surface area contributed by atoms with Crippen molar-refractivity contribution in [1.29, 1.82) is 0 Å². The van der Waals surface area contributed by atoms with Crippen LogP contribution in [0.15, 0.2) is 11.4 Å². The van der Waals surface area contributed by atoms with Crippen LogP contribution in [0.25, 0.3) is 0 Å². The summed E-state index contributed by atoms with van der Waals surface area (Å²) < 4.78 is 0. The van der Waals surface area contributed by atoms with Gasteiger partial charge in [-0.3, -0.25) is 0 Å². The predicted molar refractivity (Wildman–Crippen MR) is 59.2 cm³/mol. The smallest absolute Gasteiger partial charge is 0.346 e. The van der Waals surface area contributed by atoms with Crippen LogP contribution in [0.3, 0.4) is 0 Å². The van der Waals surface area contributed by atoms with Crippen molar-refractivity contribution < 1.29 is 15.0 Å². The molecule has 5 heteroatoms. The maximum atomic E-state index is 10.8. The molecule has 1 heterocycles. The Bertz CT molecular complexity index is 324. The molecule has 0 saturated heterocycles. The van der Waals surface area contributed by atoms with Gasteiger partial charge in [0.05, 0.1) is 0 Å². The highest BCUT2D eigenvalue weighted by Crippen LogP contribution is 2.16. The lowest BCUT2D eigenvalue weighted by Gasteiger charge is -2.08. The Kier molecular flexibility index (Phi) is 4.74. The van der Waals surface area contributed by atoms with Gasteiger partial charge in [0.25, 0.3) is 0 Å². The zero-order valence-electron chi connectivity index (χ0n) is 8.56. The van der Waals surface area contributed by atoms with E-state index in [-0.39, 0.29) is 12.5 Å². The third-order valence-electron chi connectivity index (χ3n) is 2.06. The van der Waals surface area contributed by atoms with E-state index in [0.717, 1.165) is 5.56 Å². The van der Waals surface area contributed by atoms with Crippen LogP contribution in [0, 0.1) is 5.92 Å². The molecule has 1 aromatic rings. The highest BCUT2D eigenvalue weighted by Gasteiger charge is 2.11. The van der Waals surface area contributed by atoms with Crippen LogP contribution in [-0.2, 0) is 6.54 Å². The van der Waals surface area contributed by atoms with Gasteiger partial charge in [-0.1, -0.05) is 6.92 Å². The quantitative estimate of drug-likeness (QED) is 0.684. The molecule has 84 valence electrons. The first-order chi connectivity index (χ1) is 7.15. The predicted octanol–water partition coefficient (Wildman–Crippen LogP) is 1.16. The molecule has 0 radical (unpaired) electrons. The Labute approximate surface area is 92.6 Å². The Morgan fingerprint density at radius 1 is 1.67 bits per heavy atom. The zero-order valence-corrected chi connectivity index (χ0v) is 9.38. The number of carboxylic acid groups (broad SMARTS) is 1. The number of aliphatic hydroxyl groups excluding tert-OH is 1. The monoisotopic (exact) mass is 229 g/mol. The molecule has 0 aromatic carbocycles. The van der Waals surface area contributed by atoms with Crippen molar-refractivity contribution in [3.05, 3.63) is 21.9 Å². The van der Waals surface area contributed by atoms with E-state index in [4.69, 9.17) is 10.2 Å². The fourth-order valence-corrected chi connectivity index (χ4v) is 1.94. The van der Waals surface area contributed by atoms with Crippen molar-refractivity contribution in [2.75, 3.05) is 13.2 Å². The van der Waals surface area contributed by atoms with Crippen LogP contribution < -0.4 is 5.32 Å². The molecule has 1 rings (SSSR count). The average Bonchev–Trinajstić information content (AvgIpc) is 2.65. The van der Waals surface area contributed by atoms with Gasteiger partial charge in [-0.15, -0.1) is 11.3 Å². The molecule has 0 fully saturated rings. The third kappa shape index (κ3) is 3.62. The van der Waals surface area contributed by atoms with E-state index in [1.807, 2.05) is 13.0 Å². The summed E-state index contributed by atoms with van der Waals surface area (Å²) in [5, 5.41) is 22.5. The van der Waals surface area contributed by atoms with Gasteiger partial charge in [0.1, 0.15) is 4.88 Å². The largest absolute Gasteiger partial charge is 0.477 e. The Morgan fingerprint density at radius 2 is 2.40 bits per heavy atom. The molecule has 0 saturated carbocycles. The second-order valence-corrected chi connectivity index (χ2v) is 4.41. The lowest BCUT2D eigenvalue weighted by molar-refractivity contribution is 0.0701. The van der Waals surface area contributed by atoms with E-state index in [9.17, 15) is 4.79 Å². The molecular formula is C10H15NO3S. The standard InChI is InChI=1S/C10H15NO3S/c1-7(6-12)4-11-5-8-2-3-15-9(8)10(13)14/h2-3,7,11-12H,4-6H2,1H3,(H,13,14). The highest BCUT2D eigenvalue weighted by atomic mass is 32.1. The molecule has 1 atom stereocenters. The number of rotatable bonds is 6. The number of nitrogens with one attached hydrogen (secondary N) is 1. The number of carboxylic acids is 1. The zero-order chi connectivity index (χ0) is 11.3. The van der Waals surface area contributed by atoms with Crippen molar-refractivity contribution in [3.63, 3.8) is 0 Å². The molecule has 4 nitrogen and oxygen atoms in total. The van der Waals surface area contributed by atoms with E-state index in [0.29, 0.717) is 18.0 Å². The summed E-state index contributed by atoms with van der Waals surface area (Å²) in [7, 11) is 0. The van der Waals surface area contributed by atoms with Gasteiger partial charge in [-0.25, -0.2) is 4.79 Å². The maximum Gasteiger partial charge on any atom is 0.346 e. The molecule has 1 aromatic heterocycles. The Balaban J connectivity index is 2.44. The van der Waals surface area contributed by atoms with Crippen molar-refractivity contribution >= 4 is 17.3 Å². The lowest BCUT2D eigenvalue weighted by Crippen LogP contribution is -2.23. The van der Waals surface area contributed by atoms with Crippen LogP contribution in [0.4, 0.5) is 0 Å². The van der Waals surface area contributed by atoms with Crippen molar-refractivity contribution in [1.82, 2.24) is 5.32 Å². The number of hydrogen-bond acceptors (Lipinski definition) is 4. The second kappa shape index (κ2) is 5.85. The number of thiophene rings is 1. The molecule has 0 aliphatic heterocycles. The first-order valence-electron chi connectivity index (χ1n) is 4.76. The molecule has 1 unspecified atom stereocenters. The fraction of sp³-hybridized carbons (Fsp3) is 0.500. The van der Waals surface area contributed by atoms with Gasteiger partial charge in [0, 0.05) is 19.7 Å². The molecular weight excluding hydrogens is 214 g/mol. The minimum atomic E-state index is -0.878. The lowest BCUT2D eigenvalue weighted by atomic mass is 10.2. The van der Waals surface area contributed by atoms with Gasteiger partial charge in [0.2, 0.25) is 0 Å². The summed E-state index contributed by atoms with van der Waals surface area (Å²) in [6, 6.07) is 1.81. The van der Waals surface area contributed by atoms with Gasteiger partial charge < -0.3 is 15.5 Å². The normalized spacial score (nSPS) is 12.7. The van der Waals surface area contributed by atoms with Crippen LogP contribution in [0.5, 0.6) is 0 Å². The Morgan fingerprint density at radius 3 is 3.00 bits per heavy atom. The van der Waals surface area contributed by atoms with Crippen LogP contribution in [0.1, 0.15) is 22.2 Å². The number of aromatic carboxylic acids is 1. The van der Waals surface area contributed by atoms with E-state index in [2.05, 4.69) is 5.32 Å². The number of hydrogen-bond donors (Lipinski definition) is 3. The molecule has 0 bridgehead atoms. The van der Waals surface area contributed by atoms with Crippen LogP contribution in [-0.4, -0.2) is 29.3 Å². The number of carbonyl (C=O) groups is 1.